The van der Waals surface area contributed by atoms with Crippen LogP contribution in [0.3, 0.4) is 0 Å². The Morgan fingerprint density at radius 1 is 1.33 bits per heavy atom. The van der Waals surface area contributed by atoms with Gasteiger partial charge in [-0.2, -0.15) is 0 Å². The molecule has 0 bridgehead atoms. The fraction of sp³-hybridized carbons (Fsp3) is 1.00. The van der Waals surface area contributed by atoms with Crippen molar-refractivity contribution in [3.63, 3.8) is 0 Å². The Morgan fingerprint density at radius 3 is 2.67 bits per heavy atom. The summed E-state index contributed by atoms with van der Waals surface area (Å²) in [5.41, 5.74) is 0. The predicted molar refractivity (Wildman–Crippen MR) is 65.1 cm³/mol. The zero-order valence-electron chi connectivity index (χ0n) is 10.3. The molecule has 0 radical (unpaired) electrons. The number of hydrogen-bond donors (Lipinski definition) is 1. The Hall–Kier alpha value is -0.0800. The van der Waals surface area contributed by atoms with Crippen molar-refractivity contribution in [3.8, 4) is 0 Å². The van der Waals surface area contributed by atoms with Gasteiger partial charge in [-0.1, -0.05) is 19.8 Å². The van der Waals surface area contributed by atoms with Gasteiger partial charge in [-0.15, -0.1) is 0 Å². The molecule has 1 aliphatic carbocycles. The fourth-order valence-corrected chi connectivity index (χ4v) is 2.91. The molecule has 2 heteroatoms. The van der Waals surface area contributed by atoms with Gasteiger partial charge in [-0.3, -0.25) is 4.90 Å². The van der Waals surface area contributed by atoms with E-state index in [0.29, 0.717) is 0 Å². The minimum absolute atomic E-state index is 0.808. The van der Waals surface area contributed by atoms with Crippen LogP contribution in [0, 0.1) is 5.92 Å². The lowest BCUT2D eigenvalue weighted by Gasteiger charge is -2.34. The highest BCUT2D eigenvalue weighted by atomic mass is 15.2. The Balaban J connectivity index is 1.84. The van der Waals surface area contributed by atoms with Crippen molar-refractivity contribution in [2.24, 2.45) is 5.92 Å². The van der Waals surface area contributed by atoms with Gasteiger partial charge in [0.15, 0.2) is 0 Å². The second-order valence-electron chi connectivity index (χ2n) is 5.41. The van der Waals surface area contributed by atoms with Gasteiger partial charge in [0.05, 0.1) is 0 Å². The maximum Gasteiger partial charge on any atom is 0.0235 e. The summed E-state index contributed by atoms with van der Waals surface area (Å²) >= 11 is 0. The van der Waals surface area contributed by atoms with Crippen LogP contribution < -0.4 is 5.32 Å². The molecule has 1 saturated carbocycles. The number of nitrogens with one attached hydrogen (secondary N) is 1. The molecule has 2 nitrogen and oxygen atoms in total. The van der Waals surface area contributed by atoms with Crippen molar-refractivity contribution >= 4 is 0 Å². The average Bonchev–Trinajstić information content (AvgIpc) is 2.87. The van der Waals surface area contributed by atoms with Crippen LogP contribution in [0.1, 0.15) is 46.0 Å². The van der Waals surface area contributed by atoms with Crippen molar-refractivity contribution in [3.05, 3.63) is 0 Å². The second kappa shape index (κ2) is 5.31. The molecule has 0 aromatic carbocycles. The lowest BCUT2D eigenvalue weighted by atomic mass is 10.1. The Kier molecular flexibility index (Phi) is 4.04. The highest BCUT2D eigenvalue weighted by Crippen LogP contribution is 2.35. The molecule has 1 heterocycles. The number of hydrogen-bond acceptors (Lipinski definition) is 2. The van der Waals surface area contributed by atoms with Gasteiger partial charge in [0.1, 0.15) is 0 Å². The monoisotopic (exact) mass is 210 g/mol. The molecular weight excluding hydrogens is 184 g/mol. The Bertz CT molecular complexity index is 183. The molecule has 1 saturated heterocycles. The standard InChI is InChI=1S/C13H26N2/c1-3-8-15(13-6-7-14-10-13)11(2)9-12-4-5-12/h11-14H,3-10H2,1-2H3. The smallest absolute Gasteiger partial charge is 0.0235 e. The van der Waals surface area contributed by atoms with Gasteiger partial charge in [-0.25, -0.2) is 0 Å². The maximum atomic E-state index is 3.49. The molecular formula is C13H26N2. The fourth-order valence-electron chi connectivity index (χ4n) is 2.91. The van der Waals surface area contributed by atoms with Crippen LogP contribution in [-0.2, 0) is 0 Å². The molecule has 88 valence electrons. The van der Waals surface area contributed by atoms with E-state index in [1.165, 1.54) is 51.7 Å². The third-order valence-corrected chi connectivity index (χ3v) is 3.92. The molecule has 0 aromatic rings. The van der Waals surface area contributed by atoms with E-state index in [1.807, 2.05) is 0 Å². The van der Waals surface area contributed by atoms with Gasteiger partial charge >= 0.3 is 0 Å². The maximum absolute atomic E-state index is 3.49. The molecule has 0 amide bonds. The highest BCUT2D eigenvalue weighted by molar-refractivity contribution is 4.86. The molecule has 1 N–H and O–H groups in total. The first-order chi connectivity index (χ1) is 7.31. The van der Waals surface area contributed by atoms with Gasteiger partial charge in [0, 0.05) is 18.6 Å². The van der Waals surface area contributed by atoms with E-state index in [0.717, 1.165) is 18.0 Å². The van der Waals surface area contributed by atoms with Crippen molar-refractivity contribution < 1.29 is 0 Å². The van der Waals surface area contributed by atoms with Crippen LogP contribution in [0.5, 0.6) is 0 Å². The predicted octanol–water partition coefficient (Wildman–Crippen LogP) is 2.25. The van der Waals surface area contributed by atoms with E-state index >= 15 is 0 Å². The molecule has 2 aliphatic rings. The molecule has 2 rings (SSSR count). The normalized spacial score (nSPS) is 28.6. The summed E-state index contributed by atoms with van der Waals surface area (Å²) in [6, 6.07) is 1.63. The van der Waals surface area contributed by atoms with Crippen LogP contribution >= 0.6 is 0 Å². The molecule has 2 fully saturated rings. The summed E-state index contributed by atoms with van der Waals surface area (Å²) in [7, 11) is 0. The molecule has 0 spiro atoms. The Morgan fingerprint density at radius 2 is 2.13 bits per heavy atom. The molecule has 0 aromatic heterocycles. The van der Waals surface area contributed by atoms with Crippen LogP contribution in [0.25, 0.3) is 0 Å². The summed E-state index contributed by atoms with van der Waals surface area (Å²) < 4.78 is 0. The van der Waals surface area contributed by atoms with Gasteiger partial charge < -0.3 is 5.32 Å². The zero-order valence-corrected chi connectivity index (χ0v) is 10.3. The molecule has 2 atom stereocenters. The van der Waals surface area contributed by atoms with E-state index in [1.54, 1.807) is 0 Å². The van der Waals surface area contributed by atoms with E-state index in [-0.39, 0.29) is 0 Å². The van der Waals surface area contributed by atoms with Gasteiger partial charge in [0.2, 0.25) is 0 Å². The topological polar surface area (TPSA) is 15.3 Å². The van der Waals surface area contributed by atoms with Gasteiger partial charge in [-0.05, 0) is 45.2 Å². The van der Waals surface area contributed by atoms with E-state index in [9.17, 15) is 0 Å². The SMILES string of the molecule is CCCN(C(C)CC1CC1)C1CCNC1. The largest absolute Gasteiger partial charge is 0.315 e. The summed E-state index contributed by atoms with van der Waals surface area (Å²) in [6.07, 6.45) is 7.08. The first kappa shape index (κ1) is 11.4. The summed E-state index contributed by atoms with van der Waals surface area (Å²) in [5.74, 6) is 1.06. The lowest BCUT2D eigenvalue weighted by molar-refractivity contribution is 0.142. The average molecular weight is 210 g/mol. The van der Waals surface area contributed by atoms with Crippen LogP contribution in [0.4, 0.5) is 0 Å². The Labute approximate surface area is 94.4 Å². The van der Waals surface area contributed by atoms with Crippen molar-refractivity contribution in [1.29, 1.82) is 0 Å². The van der Waals surface area contributed by atoms with Crippen LogP contribution in [-0.4, -0.2) is 36.6 Å². The van der Waals surface area contributed by atoms with Gasteiger partial charge in [0.25, 0.3) is 0 Å². The lowest BCUT2D eigenvalue weighted by Crippen LogP contribution is -2.43. The van der Waals surface area contributed by atoms with E-state index in [4.69, 9.17) is 0 Å². The quantitative estimate of drug-likeness (QED) is 0.723. The third-order valence-electron chi connectivity index (χ3n) is 3.92. The number of rotatable bonds is 6. The second-order valence-corrected chi connectivity index (χ2v) is 5.41. The first-order valence-corrected chi connectivity index (χ1v) is 6.77. The zero-order chi connectivity index (χ0) is 10.7. The number of nitrogens with zero attached hydrogens (tertiary/aromatic N) is 1. The molecule has 15 heavy (non-hydrogen) atoms. The van der Waals surface area contributed by atoms with Crippen LogP contribution in [0.15, 0.2) is 0 Å². The molecule has 1 aliphatic heterocycles. The molecule has 2 unspecified atom stereocenters. The highest BCUT2D eigenvalue weighted by Gasteiger charge is 2.30. The summed E-state index contributed by atoms with van der Waals surface area (Å²) in [6.45, 7) is 8.47. The summed E-state index contributed by atoms with van der Waals surface area (Å²) in [5, 5.41) is 3.49. The van der Waals surface area contributed by atoms with Crippen molar-refractivity contribution in [2.75, 3.05) is 19.6 Å². The van der Waals surface area contributed by atoms with Crippen molar-refractivity contribution in [1.82, 2.24) is 10.2 Å². The third kappa shape index (κ3) is 3.18. The van der Waals surface area contributed by atoms with Crippen LogP contribution in [0.2, 0.25) is 0 Å². The van der Waals surface area contributed by atoms with E-state index in [2.05, 4.69) is 24.1 Å². The van der Waals surface area contributed by atoms with E-state index < -0.39 is 0 Å². The minimum atomic E-state index is 0.808. The van der Waals surface area contributed by atoms with Crippen molar-refractivity contribution in [2.45, 2.75) is 58.0 Å². The summed E-state index contributed by atoms with van der Waals surface area (Å²) in [4.78, 5) is 2.76. The minimum Gasteiger partial charge on any atom is -0.315 e. The first-order valence-electron chi connectivity index (χ1n) is 6.77.